The Bertz CT molecular complexity index is 834. The molecule has 1 aliphatic heterocycles. The Balaban J connectivity index is 1.83. The predicted molar refractivity (Wildman–Crippen MR) is 88.7 cm³/mol. The van der Waals surface area contributed by atoms with Gasteiger partial charge in [0.1, 0.15) is 18.1 Å². The Morgan fingerprint density at radius 1 is 1.24 bits per heavy atom. The number of aliphatic carboxylic acids is 1. The van der Waals surface area contributed by atoms with Gasteiger partial charge in [0.25, 0.3) is 0 Å². The first-order valence-corrected chi connectivity index (χ1v) is 8.42. The second-order valence-electron chi connectivity index (χ2n) is 5.73. The van der Waals surface area contributed by atoms with Crippen molar-refractivity contribution in [2.45, 2.75) is 19.5 Å². The number of hydrogen-bond acceptors (Lipinski definition) is 5. The average Bonchev–Trinajstić information content (AvgIpc) is 2.92. The van der Waals surface area contributed by atoms with E-state index in [1.54, 1.807) is 12.4 Å². The Morgan fingerprint density at radius 2 is 1.96 bits per heavy atom. The van der Waals surface area contributed by atoms with Gasteiger partial charge in [0.2, 0.25) is 0 Å². The van der Waals surface area contributed by atoms with Crippen LogP contribution in [0.5, 0.6) is 0 Å². The molecule has 0 saturated heterocycles. The molecule has 25 heavy (non-hydrogen) atoms. The molecule has 0 aliphatic carbocycles. The molecule has 1 unspecified atom stereocenters. The monoisotopic (exact) mass is 362 g/mol. The van der Waals surface area contributed by atoms with Crippen LogP contribution in [-0.4, -0.2) is 39.6 Å². The molecule has 1 atom stereocenters. The number of nitrogens with one attached hydrogen (secondary N) is 2. The van der Waals surface area contributed by atoms with E-state index in [4.69, 9.17) is 5.11 Å². The first-order valence-electron chi connectivity index (χ1n) is 7.60. The van der Waals surface area contributed by atoms with Crippen LogP contribution in [-0.2, 0) is 29.1 Å². The Hall–Kier alpha value is -2.78. The smallest absolute Gasteiger partial charge is 0.394 e. The third kappa shape index (κ3) is 3.67. The van der Waals surface area contributed by atoms with Crippen LogP contribution in [0.2, 0.25) is 0 Å². The van der Waals surface area contributed by atoms with E-state index in [-0.39, 0.29) is 10.6 Å². The molecule has 0 aromatic carbocycles. The molecule has 0 spiro atoms. The van der Waals surface area contributed by atoms with Crippen molar-refractivity contribution in [1.29, 1.82) is 0 Å². The second-order valence-corrected chi connectivity index (χ2v) is 6.84. The lowest BCUT2D eigenvalue weighted by molar-refractivity contribution is -0.929. The van der Waals surface area contributed by atoms with Gasteiger partial charge in [-0.3, -0.25) is 9.78 Å². The summed E-state index contributed by atoms with van der Waals surface area (Å²) in [6.07, 6.45) is 4.03. The number of anilines is 1. The van der Waals surface area contributed by atoms with Crippen LogP contribution in [0.25, 0.3) is 0 Å². The lowest BCUT2D eigenvalue weighted by Gasteiger charge is -2.24. The van der Waals surface area contributed by atoms with E-state index >= 15 is 0 Å². The Kier molecular flexibility index (Phi) is 4.77. The minimum atomic E-state index is -1.65. The highest BCUT2D eigenvalue weighted by Gasteiger charge is 2.31. The number of carboxylic acid groups (broad SMARTS) is 2. The number of nitrogens with zero attached hydrogens (tertiary/aromatic N) is 1. The van der Waals surface area contributed by atoms with Gasteiger partial charge in [-0.25, -0.2) is 9.59 Å². The van der Waals surface area contributed by atoms with Crippen molar-refractivity contribution in [1.82, 2.24) is 4.98 Å². The summed E-state index contributed by atoms with van der Waals surface area (Å²) in [5.41, 5.74) is 1.84. The fourth-order valence-electron chi connectivity index (χ4n) is 2.95. The van der Waals surface area contributed by atoms with E-state index in [1.165, 1.54) is 4.90 Å². The van der Waals surface area contributed by atoms with E-state index < -0.39 is 17.8 Å². The molecule has 1 amide bonds. The van der Waals surface area contributed by atoms with Gasteiger partial charge in [-0.15, -0.1) is 11.3 Å². The molecule has 2 aromatic heterocycles. The van der Waals surface area contributed by atoms with Gasteiger partial charge in [0.15, 0.2) is 0 Å². The van der Waals surface area contributed by atoms with E-state index in [1.807, 2.05) is 12.1 Å². The van der Waals surface area contributed by atoms with Crippen LogP contribution < -0.4 is 10.2 Å². The molecule has 3 heterocycles. The quantitative estimate of drug-likeness (QED) is 0.569. The topological polar surface area (TPSA) is 121 Å². The van der Waals surface area contributed by atoms with Crippen LogP contribution in [0.15, 0.2) is 24.5 Å². The van der Waals surface area contributed by atoms with Gasteiger partial charge in [-0.05, 0) is 17.7 Å². The largest absolute Gasteiger partial charge is 0.478 e. The highest BCUT2D eigenvalue weighted by molar-refractivity contribution is 7.17. The number of aromatic nitrogens is 1. The Morgan fingerprint density at radius 3 is 2.60 bits per heavy atom. The van der Waals surface area contributed by atoms with Crippen molar-refractivity contribution in [3.8, 4) is 0 Å². The van der Waals surface area contributed by atoms with Crippen LogP contribution in [0.3, 0.4) is 0 Å². The zero-order chi connectivity index (χ0) is 18.0. The molecule has 2 aromatic rings. The van der Waals surface area contributed by atoms with E-state index in [0.717, 1.165) is 34.9 Å². The molecule has 8 nitrogen and oxygen atoms in total. The standard InChI is InChI=1S/C16H15N3O5S/c20-13(16(23)24)18-14-12(15(21)22)10-3-6-19(8-11(10)25-14)7-9-1-4-17-5-2-9/h1-2,4-5H,3,6-8H2,(H,18,20)(H,21,22)(H,23,24)/p+1. The lowest BCUT2D eigenvalue weighted by Crippen LogP contribution is -3.10. The molecule has 0 saturated carbocycles. The van der Waals surface area contributed by atoms with Gasteiger partial charge >= 0.3 is 17.8 Å². The summed E-state index contributed by atoms with van der Waals surface area (Å²) in [5, 5.41) is 20.5. The maximum Gasteiger partial charge on any atom is 0.394 e. The van der Waals surface area contributed by atoms with Crippen molar-refractivity contribution in [2.75, 3.05) is 11.9 Å². The minimum absolute atomic E-state index is 0.0116. The summed E-state index contributed by atoms with van der Waals surface area (Å²) >= 11 is 1.14. The van der Waals surface area contributed by atoms with Gasteiger partial charge in [0.05, 0.1) is 17.0 Å². The first kappa shape index (κ1) is 17.1. The van der Waals surface area contributed by atoms with Crippen LogP contribution in [0.1, 0.15) is 26.4 Å². The van der Waals surface area contributed by atoms with Crippen LogP contribution in [0, 0.1) is 0 Å². The first-order chi connectivity index (χ1) is 12.0. The maximum atomic E-state index is 11.6. The summed E-state index contributed by atoms with van der Waals surface area (Å²) in [4.78, 5) is 39.8. The highest BCUT2D eigenvalue weighted by Crippen LogP contribution is 2.34. The fourth-order valence-corrected chi connectivity index (χ4v) is 4.25. The zero-order valence-corrected chi connectivity index (χ0v) is 13.9. The van der Waals surface area contributed by atoms with Crippen molar-refractivity contribution in [3.05, 3.63) is 46.1 Å². The fraction of sp³-hybridized carbons (Fsp3) is 0.250. The third-order valence-corrected chi connectivity index (χ3v) is 5.22. The normalized spacial score (nSPS) is 16.1. The Labute approximate surface area is 146 Å². The highest BCUT2D eigenvalue weighted by atomic mass is 32.1. The molecule has 4 N–H and O–H groups in total. The van der Waals surface area contributed by atoms with E-state index in [2.05, 4.69) is 10.3 Å². The number of carbonyl (C=O) groups excluding carboxylic acids is 1. The van der Waals surface area contributed by atoms with Crippen LogP contribution >= 0.6 is 11.3 Å². The number of carbonyl (C=O) groups is 3. The molecule has 0 bridgehead atoms. The van der Waals surface area contributed by atoms with E-state index in [9.17, 15) is 19.5 Å². The number of fused-ring (bicyclic) bond motifs is 1. The second kappa shape index (κ2) is 6.99. The molecule has 9 heteroatoms. The van der Waals surface area contributed by atoms with Crippen LogP contribution in [0.4, 0.5) is 5.00 Å². The van der Waals surface area contributed by atoms with Crippen molar-refractivity contribution in [2.24, 2.45) is 0 Å². The number of thiophene rings is 1. The molecular weight excluding hydrogens is 346 g/mol. The SMILES string of the molecule is O=C(O)C(=O)Nc1sc2c(c1C(=O)O)CC[NH+](Cc1ccncc1)C2. The van der Waals surface area contributed by atoms with E-state index in [0.29, 0.717) is 18.5 Å². The van der Waals surface area contributed by atoms with Crippen molar-refractivity contribution in [3.63, 3.8) is 0 Å². The van der Waals surface area contributed by atoms with Gasteiger partial charge in [-0.1, -0.05) is 0 Å². The third-order valence-electron chi connectivity index (χ3n) is 4.07. The number of amides is 1. The molecule has 0 radical (unpaired) electrons. The number of pyridine rings is 1. The molecular formula is C16H16N3O5S+. The molecule has 3 rings (SSSR count). The van der Waals surface area contributed by atoms with Gasteiger partial charge < -0.3 is 20.4 Å². The van der Waals surface area contributed by atoms with Gasteiger partial charge in [0, 0.05) is 24.4 Å². The maximum absolute atomic E-state index is 11.6. The molecule has 0 fully saturated rings. The zero-order valence-electron chi connectivity index (χ0n) is 13.1. The summed E-state index contributed by atoms with van der Waals surface area (Å²) in [6, 6.07) is 3.89. The summed E-state index contributed by atoms with van der Waals surface area (Å²) in [5.74, 6) is -4.04. The molecule has 1 aliphatic rings. The number of aromatic carboxylic acids is 1. The summed E-state index contributed by atoms with van der Waals surface area (Å²) in [7, 11) is 0. The van der Waals surface area contributed by atoms with Crippen molar-refractivity contribution < 1.29 is 29.5 Å². The number of rotatable bonds is 4. The summed E-state index contributed by atoms with van der Waals surface area (Å²) < 4.78 is 0. The minimum Gasteiger partial charge on any atom is -0.478 e. The average molecular weight is 362 g/mol. The predicted octanol–water partition coefficient (Wildman–Crippen LogP) is 0.00560. The summed E-state index contributed by atoms with van der Waals surface area (Å²) in [6.45, 7) is 2.18. The van der Waals surface area contributed by atoms with Gasteiger partial charge in [-0.2, -0.15) is 0 Å². The number of carboxylic acids is 2. The molecule has 130 valence electrons. The lowest BCUT2D eigenvalue weighted by atomic mass is 10.0. The number of quaternary nitrogens is 1. The number of hydrogen-bond donors (Lipinski definition) is 4. The van der Waals surface area contributed by atoms with Crippen molar-refractivity contribution >= 4 is 34.2 Å².